The summed E-state index contributed by atoms with van der Waals surface area (Å²) >= 11 is 0. The van der Waals surface area contributed by atoms with Crippen LogP contribution >= 0.6 is 0 Å². The number of nitrogens with one attached hydrogen (secondary N) is 1. The van der Waals surface area contributed by atoms with Gasteiger partial charge < -0.3 is 5.73 Å². The van der Waals surface area contributed by atoms with Crippen LogP contribution in [0, 0.1) is 5.53 Å². The van der Waals surface area contributed by atoms with Gasteiger partial charge in [0.1, 0.15) is 0 Å². The third-order valence-electron chi connectivity index (χ3n) is 0.391. The van der Waals surface area contributed by atoms with Gasteiger partial charge in [-0.05, 0) is 6.92 Å². The molecular weight excluding hydrogens is 92.1 g/mol. The first-order valence-electron chi connectivity index (χ1n) is 1.87. The average molecular weight is 100 g/mol. The summed E-state index contributed by atoms with van der Waals surface area (Å²) < 4.78 is 0. The Morgan fingerprint density at radius 2 is 2.43 bits per heavy atom. The van der Waals surface area contributed by atoms with Gasteiger partial charge in [-0.2, -0.15) is 5.11 Å². The van der Waals surface area contributed by atoms with E-state index in [0.717, 1.165) is 0 Å². The lowest BCUT2D eigenvalue weighted by atomic mass is 10.7. The Kier molecular flexibility index (Phi) is 2.83. The molecule has 0 bridgehead atoms. The molecule has 0 aromatic carbocycles. The fourth-order valence-electron chi connectivity index (χ4n) is 0.147. The molecule has 0 saturated heterocycles. The summed E-state index contributed by atoms with van der Waals surface area (Å²) in [6.45, 7) is 1.81. The molecule has 0 saturated carbocycles. The van der Waals surface area contributed by atoms with Crippen LogP contribution in [0.5, 0.6) is 0 Å². The molecule has 40 valence electrons. The van der Waals surface area contributed by atoms with Crippen molar-refractivity contribution in [3.8, 4) is 0 Å². The van der Waals surface area contributed by atoms with Crippen LogP contribution in [0.25, 0.3) is 0 Å². The minimum Gasteiger partial charge on any atom is -0.388 e. The molecule has 0 amide bonds. The molecule has 4 heteroatoms. The van der Waals surface area contributed by atoms with E-state index in [1.54, 1.807) is 6.92 Å². The standard InChI is InChI=1S/C3H8N4/c1-3(4)6-2-7-5/h5H,2H2,1H3,(H2,4,6). The zero-order valence-corrected chi connectivity index (χ0v) is 4.18. The maximum absolute atomic E-state index is 6.26. The third kappa shape index (κ3) is 5.07. The Morgan fingerprint density at radius 1 is 1.86 bits per heavy atom. The molecule has 0 atom stereocenters. The molecule has 7 heavy (non-hydrogen) atoms. The van der Waals surface area contributed by atoms with Crippen LogP contribution < -0.4 is 5.73 Å². The number of nitrogens with two attached hydrogens (primary N) is 1. The van der Waals surface area contributed by atoms with Gasteiger partial charge in [-0.3, -0.25) is 0 Å². The molecule has 0 unspecified atom stereocenters. The minimum absolute atomic E-state index is 0.155. The van der Waals surface area contributed by atoms with E-state index in [4.69, 9.17) is 11.3 Å². The van der Waals surface area contributed by atoms with Crippen LogP contribution in [0.15, 0.2) is 10.1 Å². The molecule has 0 aromatic rings. The Morgan fingerprint density at radius 3 is 2.57 bits per heavy atom. The van der Waals surface area contributed by atoms with Crippen molar-refractivity contribution >= 4 is 5.84 Å². The molecule has 0 rings (SSSR count). The molecule has 4 nitrogen and oxygen atoms in total. The first-order valence-corrected chi connectivity index (χ1v) is 1.87. The van der Waals surface area contributed by atoms with Gasteiger partial charge in [0.25, 0.3) is 0 Å². The van der Waals surface area contributed by atoms with E-state index in [1.807, 2.05) is 0 Å². The second kappa shape index (κ2) is 3.27. The van der Waals surface area contributed by atoms with Crippen LogP contribution in [-0.4, -0.2) is 12.5 Å². The lowest BCUT2D eigenvalue weighted by Gasteiger charge is -1.82. The first kappa shape index (κ1) is 6.07. The highest BCUT2D eigenvalue weighted by molar-refractivity contribution is 5.77. The SMILES string of the molecule is C/C(N)=N/CN=N. The molecule has 0 radical (unpaired) electrons. The number of nitrogens with zero attached hydrogens (tertiary/aromatic N) is 2. The van der Waals surface area contributed by atoms with E-state index in [2.05, 4.69) is 10.1 Å². The van der Waals surface area contributed by atoms with Gasteiger partial charge in [0.15, 0.2) is 6.67 Å². The Hall–Kier alpha value is -0.930. The van der Waals surface area contributed by atoms with E-state index in [0.29, 0.717) is 5.84 Å². The monoisotopic (exact) mass is 100 g/mol. The highest BCUT2D eigenvalue weighted by Crippen LogP contribution is 1.68. The van der Waals surface area contributed by atoms with Crippen LogP contribution in [0.4, 0.5) is 0 Å². The van der Waals surface area contributed by atoms with Crippen molar-refractivity contribution in [2.75, 3.05) is 6.67 Å². The van der Waals surface area contributed by atoms with Gasteiger partial charge in [-0.15, -0.1) is 0 Å². The minimum atomic E-state index is 0.155. The number of amidine groups is 1. The van der Waals surface area contributed by atoms with E-state index in [1.165, 1.54) is 0 Å². The van der Waals surface area contributed by atoms with Crippen molar-refractivity contribution in [3.05, 3.63) is 0 Å². The van der Waals surface area contributed by atoms with Crippen molar-refractivity contribution in [2.24, 2.45) is 15.8 Å². The smallest absolute Gasteiger partial charge is 0.151 e. The predicted molar refractivity (Wildman–Crippen MR) is 27.3 cm³/mol. The van der Waals surface area contributed by atoms with Crippen molar-refractivity contribution < 1.29 is 0 Å². The quantitative estimate of drug-likeness (QED) is 0.293. The zero-order chi connectivity index (χ0) is 5.70. The van der Waals surface area contributed by atoms with E-state index < -0.39 is 0 Å². The highest BCUT2D eigenvalue weighted by atomic mass is 15.1. The Labute approximate surface area is 41.9 Å². The molecule has 0 spiro atoms. The molecule has 3 N–H and O–H groups in total. The number of aliphatic imine (C=N–C) groups is 1. The largest absolute Gasteiger partial charge is 0.388 e. The molecule has 0 aliphatic heterocycles. The van der Waals surface area contributed by atoms with Crippen molar-refractivity contribution in [1.29, 1.82) is 5.53 Å². The fourth-order valence-corrected chi connectivity index (χ4v) is 0.147. The third-order valence-corrected chi connectivity index (χ3v) is 0.391. The summed E-state index contributed by atoms with van der Waals surface area (Å²) in [5, 5.41) is 2.96. The van der Waals surface area contributed by atoms with Gasteiger partial charge in [-0.1, -0.05) is 0 Å². The summed E-state index contributed by atoms with van der Waals surface area (Å²) in [7, 11) is 0. The predicted octanol–water partition coefficient (Wildman–Crippen LogP) is 0.352. The van der Waals surface area contributed by atoms with Gasteiger partial charge in [0.2, 0.25) is 0 Å². The normalized spacial score (nSPS) is 11.3. The van der Waals surface area contributed by atoms with Crippen LogP contribution in [-0.2, 0) is 0 Å². The van der Waals surface area contributed by atoms with E-state index >= 15 is 0 Å². The lowest BCUT2D eigenvalue weighted by molar-refractivity contribution is 0.915. The first-order chi connectivity index (χ1) is 3.27. The lowest BCUT2D eigenvalue weighted by Crippen LogP contribution is -2.04. The summed E-state index contributed by atoms with van der Waals surface area (Å²) in [4.78, 5) is 3.58. The van der Waals surface area contributed by atoms with Crippen molar-refractivity contribution in [2.45, 2.75) is 6.92 Å². The van der Waals surface area contributed by atoms with Crippen LogP contribution in [0.2, 0.25) is 0 Å². The van der Waals surface area contributed by atoms with Crippen LogP contribution in [0.3, 0.4) is 0 Å². The highest BCUT2D eigenvalue weighted by Gasteiger charge is 1.71. The topological polar surface area (TPSA) is 74.6 Å². The maximum atomic E-state index is 6.26. The van der Waals surface area contributed by atoms with Crippen molar-refractivity contribution in [3.63, 3.8) is 0 Å². The summed E-state index contributed by atoms with van der Waals surface area (Å²) in [5.41, 5.74) is 11.3. The molecule has 0 aliphatic rings. The molecule has 0 aliphatic carbocycles. The second-order valence-corrected chi connectivity index (χ2v) is 1.10. The van der Waals surface area contributed by atoms with Gasteiger partial charge in [0.05, 0.1) is 5.84 Å². The average Bonchev–Trinajstić information content (AvgIpc) is 1.61. The van der Waals surface area contributed by atoms with Gasteiger partial charge >= 0.3 is 0 Å². The van der Waals surface area contributed by atoms with Crippen LogP contribution in [0.1, 0.15) is 6.92 Å². The van der Waals surface area contributed by atoms with Crippen molar-refractivity contribution in [1.82, 2.24) is 0 Å². The van der Waals surface area contributed by atoms with E-state index in [9.17, 15) is 0 Å². The van der Waals surface area contributed by atoms with Gasteiger partial charge in [0, 0.05) is 0 Å². The summed E-state index contributed by atoms with van der Waals surface area (Å²) in [6, 6.07) is 0. The van der Waals surface area contributed by atoms with E-state index in [-0.39, 0.29) is 6.67 Å². The fraction of sp³-hybridized carbons (Fsp3) is 0.667. The summed E-state index contributed by atoms with van der Waals surface area (Å²) in [6.07, 6.45) is 0. The summed E-state index contributed by atoms with van der Waals surface area (Å²) in [5.74, 6) is 0.469. The Bertz CT molecular complexity index is 80.9. The Balaban J connectivity index is 3.25. The molecule has 0 aromatic heterocycles. The molecule has 0 fully saturated rings. The number of hydrogen-bond acceptors (Lipinski definition) is 3. The molecular formula is C3H8N4. The maximum Gasteiger partial charge on any atom is 0.151 e. The van der Waals surface area contributed by atoms with Gasteiger partial charge in [-0.25, -0.2) is 10.5 Å². The number of hydrogen-bond donors (Lipinski definition) is 2. The number of rotatable bonds is 2. The zero-order valence-electron chi connectivity index (χ0n) is 4.18. The second-order valence-electron chi connectivity index (χ2n) is 1.10. The molecule has 0 heterocycles.